The highest BCUT2D eigenvalue weighted by Crippen LogP contribution is 2.58. The summed E-state index contributed by atoms with van der Waals surface area (Å²) in [6.07, 6.45) is 47.5. The van der Waals surface area contributed by atoms with Gasteiger partial charge >= 0.3 is 0 Å². The fourth-order valence-corrected chi connectivity index (χ4v) is 17.2. The van der Waals surface area contributed by atoms with Gasteiger partial charge in [-0.2, -0.15) is 0 Å². The van der Waals surface area contributed by atoms with Crippen molar-refractivity contribution in [2.75, 3.05) is 4.90 Å². The molecule has 103 heavy (non-hydrogen) atoms. The molecule has 0 fully saturated rings. The lowest BCUT2D eigenvalue weighted by Crippen LogP contribution is -2.33. The summed E-state index contributed by atoms with van der Waals surface area (Å²) >= 11 is 0. The van der Waals surface area contributed by atoms with E-state index in [1.807, 2.05) is 30.4 Å². The van der Waals surface area contributed by atoms with Gasteiger partial charge in [-0.3, -0.25) is 0 Å². The van der Waals surface area contributed by atoms with E-state index in [-0.39, 0.29) is 23.3 Å². The SMILES string of the molecule is C=C/C=C\C=C\c1ccc(N(C2=CC3=C(CC2)C2=CC=C(n4c5c(c6cc(-c7ccc(-c8ccc9c(c8)c8ccccc8n9-c8ccccc8)cc7)ccc64)=CC(c4ccc(/C=C/C6=C(C=C)N(C(=C)/C=C\C=C)C7C=CC=CC67)cc4)CC=5)CC2C3(C)C)c2ccc(-c3ccccc3)cc2)cc1. The van der Waals surface area contributed by atoms with Gasteiger partial charge in [-0.15, -0.1) is 0 Å². The molecule has 0 N–H and O–H groups in total. The number of nitrogens with zero attached hydrogens (tertiary/aromatic N) is 4. The smallest absolute Gasteiger partial charge is 0.0629 e. The van der Waals surface area contributed by atoms with Crippen LogP contribution in [0.4, 0.5) is 11.4 Å². The quantitative estimate of drug-likeness (QED) is 0.0796. The molecule has 2 aromatic heterocycles. The highest BCUT2D eigenvalue weighted by Gasteiger charge is 2.47. The summed E-state index contributed by atoms with van der Waals surface area (Å²) in [6.45, 7) is 21.5. The minimum absolute atomic E-state index is 0.132. The number of benzene rings is 9. The summed E-state index contributed by atoms with van der Waals surface area (Å²) in [7, 11) is 0. The summed E-state index contributed by atoms with van der Waals surface area (Å²) in [5.74, 6) is 0.685. The Balaban J connectivity index is 0.719. The van der Waals surface area contributed by atoms with Gasteiger partial charge in [0.1, 0.15) is 0 Å². The molecular weight excluding hydrogens is 1250 g/mol. The molecule has 6 aliphatic rings. The lowest BCUT2D eigenvalue weighted by Gasteiger charge is -2.34. The van der Waals surface area contributed by atoms with E-state index in [0.29, 0.717) is 5.92 Å². The van der Waals surface area contributed by atoms with Crippen molar-refractivity contribution >= 4 is 74.1 Å². The van der Waals surface area contributed by atoms with Crippen LogP contribution in [0.3, 0.4) is 0 Å². The maximum atomic E-state index is 4.45. The summed E-state index contributed by atoms with van der Waals surface area (Å²) < 4.78 is 5.01. The van der Waals surface area contributed by atoms with Crippen LogP contribution in [0.15, 0.2) is 381 Å². The Morgan fingerprint density at radius 2 is 1.16 bits per heavy atom. The van der Waals surface area contributed by atoms with Crippen LogP contribution in [0, 0.1) is 17.3 Å². The molecule has 498 valence electrons. The molecule has 5 aliphatic carbocycles. The monoisotopic (exact) mass is 1330 g/mol. The third kappa shape index (κ3) is 11.6. The fourth-order valence-electron chi connectivity index (χ4n) is 17.2. The minimum atomic E-state index is -0.132. The molecule has 0 saturated heterocycles. The van der Waals surface area contributed by atoms with Crippen LogP contribution in [0.1, 0.15) is 62.1 Å². The molecule has 0 radical (unpaired) electrons. The molecule has 4 atom stereocenters. The number of para-hydroxylation sites is 2. The molecule has 4 unspecified atom stereocenters. The number of hydrogen-bond acceptors (Lipinski definition) is 2. The highest BCUT2D eigenvalue weighted by molar-refractivity contribution is 6.10. The van der Waals surface area contributed by atoms with Gasteiger partial charge in [0.05, 0.1) is 22.6 Å². The molecule has 11 aromatic rings. The van der Waals surface area contributed by atoms with Gasteiger partial charge in [-0.1, -0.05) is 289 Å². The molecule has 9 aromatic carbocycles. The van der Waals surface area contributed by atoms with E-state index >= 15 is 0 Å². The average Bonchev–Trinajstić information content (AvgIpc) is 1.56. The summed E-state index contributed by atoms with van der Waals surface area (Å²) in [6, 6.07) is 81.1. The minimum Gasteiger partial charge on any atom is -0.334 e. The molecular formula is C99H82N4. The number of allylic oxidation sites excluding steroid dienone is 19. The van der Waals surface area contributed by atoms with Crippen LogP contribution >= 0.6 is 0 Å². The van der Waals surface area contributed by atoms with Crippen LogP contribution in [0.2, 0.25) is 0 Å². The Labute approximate surface area is 605 Å². The topological polar surface area (TPSA) is 16.3 Å². The summed E-state index contributed by atoms with van der Waals surface area (Å²) in [5.41, 5.74) is 28.2. The predicted molar refractivity (Wildman–Crippen MR) is 439 cm³/mol. The zero-order valence-electron chi connectivity index (χ0n) is 58.6. The van der Waals surface area contributed by atoms with Crippen molar-refractivity contribution in [2.24, 2.45) is 17.3 Å². The summed E-state index contributed by atoms with van der Waals surface area (Å²) in [5, 5.41) is 6.37. The Hall–Kier alpha value is -12.2. The number of fused-ring (bicyclic) bond motifs is 9. The molecule has 1 aliphatic heterocycles. The molecule has 17 rings (SSSR count). The van der Waals surface area contributed by atoms with Crippen LogP contribution in [0.5, 0.6) is 0 Å². The van der Waals surface area contributed by atoms with Crippen molar-refractivity contribution in [3.63, 3.8) is 0 Å². The first-order valence-corrected chi connectivity index (χ1v) is 36.3. The van der Waals surface area contributed by atoms with Gasteiger partial charge in [0.2, 0.25) is 0 Å². The molecule has 0 spiro atoms. The van der Waals surface area contributed by atoms with Crippen molar-refractivity contribution < 1.29 is 0 Å². The number of aromatic nitrogens is 2. The van der Waals surface area contributed by atoms with Gasteiger partial charge in [-0.05, 0) is 200 Å². The molecule has 0 bridgehead atoms. The third-order valence-corrected chi connectivity index (χ3v) is 22.3. The zero-order chi connectivity index (χ0) is 69.7. The largest absolute Gasteiger partial charge is 0.334 e. The fraction of sp³-hybridized carbons (Fsp3) is 0.111. The van der Waals surface area contributed by atoms with Crippen LogP contribution in [-0.4, -0.2) is 20.1 Å². The van der Waals surface area contributed by atoms with Crippen molar-refractivity contribution in [3.05, 3.63) is 409 Å². The second-order valence-electron chi connectivity index (χ2n) is 28.5. The van der Waals surface area contributed by atoms with Crippen molar-refractivity contribution in [1.82, 2.24) is 14.0 Å². The second-order valence-corrected chi connectivity index (χ2v) is 28.5. The van der Waals surface area contributed by atoms with Gasteiger partial charge in [0.25, 0.3) is 0 Å². The zero-order valence-corrected chi connectivity index (χ0v) is 58.6. The molecule has 3 heterocycles. The van der Waals surface area contributed by atoms with Crippen molar-refractivity contribution in [2.45, 2.75) is 51.5 Å². The van der Waals surface area contributed by atoms with E-state index in [4.69, 9.17) is 0 Å². The van der Waals surface area contributed by atoms with E-state index in [0.717, 1.165) is 59.6 Å². The van der Waals surface area contributed by atoms with Gasteiger partial charge in [-0.25, -0.2) is 0 Å². The van der Waals surface area contributed by atoms with E-state index in [1.165, 1.54) is 122 Å². The van der Waals surface area contributed by atoms with E-state index in [1.54, 1.807) is 12.2 Å². The van der Waals surface area contributed by atoms with Crippen LogP contribution in [0.25, 0.3) is 102 Å². The average molecular weight is 1330 g/mol. The second kappa shape index (κ2) is 27.0. The van der Waals surface area contributed by atoms with Crippen LogP contribution < -0.4 is 15.5 Å². The van der Waals surface area contributed by atoms with Gasteiger partial charge in [0.15, 0.2) is 0 Å². The first-order chi connectivity index (χ1) is 50.6. The first-order valence-electron chi connectivity index (χ1n) is 36.3. The maximum Gasteiger partial charge on any atom is 0.0629 e. The van der Waals surface area contributed by atoms with Gasteiger partial charge < -0.3 is 18.9 Å². The molecule has 0 amide bonds. The number of rotatable bonds is 18. The van der Waals surface area contributed by atoms with Crippen molar-refractivity contribution in [1.29, 1.82) is 0 Å². The Kier molecular flexibility index (Phi) is 16.8. The Morgan fingerprint density at radius 1 is 0.544 bits per heavy atom. The normalized spacial score (nSPS) is 18.9. The lowest BCUT2D eigenvalue weighted by molar-refractivity contribution is 0.337. The summed E-state index contributed by atoms with van der Waals surface area (Å²) in [4.78, 5) is 4.80. The van der Waals surface area contributed by atoms with E-state index in [2.05, 4.69) is 356 Å². The van der Waals surface area contributed by atoms with Crippen LogP contribution in [-0.2, 0) is 0 Å². The number of hydrogen-bond donors (Lipinski definition) is 0. The molecule has 0 saturated carbocycles. The standard InChI is InChI=1S/C99H82N4/c1-7-10-12-15-25-68-36-50-79(51-37-68)101(80-52-45-71(46-53-80)70-26-16-13-17-27-70)81-54-57-83-84-58-55-82(66-92(84)99(5,6)91(83)65-81)103-97-60-48-76(72-39-34-69(35-40-72)38-56-87-85-30-20-22-32-94(85)100(93(87)9-3)67(4)24-11-8-2)63-89(97)90-64-77(49-61-98(90)103)74-43-41-73(42-44-74)75-47-59-96-88(62-75)86-31-21-23-33-95(86)102(96)78-28-18-14-19-29-78/h7-47,49-53,55-56,58-65,76,85,92,94H,1-4,48,54,57,66H2,5-6H3/b12-10-,24-11-,25-15+,56-38+. The van der Waals surface area contributed by atoms with E-state index < -0.39 is 0 Å². The predicted octanol–water partition coefficient (Wildman–Crippen LogP) is 24.0. The number of anilines is 2. The maximum absolute atomic E-state index is 4.45. The Morgan fingerprint density at radius 3 is 1.88 bits per heavy atom. The Bertz CT molecular complexity index is 5760. The molecule has 4 heteroatoms. The molecule has 4 nitrogen and oxygen atoms in total. The highest BCUT2D eigenvalue weighted by atomic mass is 15.2. The first kappa shape index (κ1) is 64.2. The van der Waals surface area contributed by atoms with Gasteiger partial charge in [0, 0.05) is 78.4 Å². The lowest BCUT2D eigenvalue weighted by atomic mass is 9.72. The van der Waals surface area contributed by atoms with E-state index in [9.17, 15) is 0 Å². The van der Waals surface area contributed by atoms with Crippen molar-refractivity contribution in [3.8, 4) is 39.1 Å². The third-order valence-electron chi connectivity index (χ3n) is 22.3.